The van der Waals surface area contributed by atoms with Gasteiger partial charge >= 0.3 is 0 Å². The molecule has 0 saturated carbocycles. The Hall–Kier alpha value is -1.85. The summed E-state index contributed by atoms with van der Waals surface area (Å²) in [5, 5.41) is 9.18. The molecule has 1 N–H and O–H groups in total. The van der Waals surface area contributed by atoms with E-state index >= 15 is 0 Å². The van der Waals surface area contributed by atoms with E-state index < -0.39 is 0 Å². The zero-order valence-corrected chi connectivity index (χ0v) is 12.5. The van der Waals surface area contributed by atoms with Gasteiger partial charge in [0.05, 0.1) is 7.11 Å². The highest BCUT2D eigenvalue weighted by Crippen LogP contribution is 2.10. The van der Waals surface area contributed by atoms with Crippen molar-refractivity contribution in [3.05, 3.63) is 65.7 Å². The van der Waals surface area contributed by atoms with E-state index in [0.29, 0.717) is 10.6 Å². The first-order valence-corrected chi connectivity index (χ1v) is 6.56. The molecule has 0 spiro atoms. The molecule has 3 nitrogen and oxygen atoms in total. The van der Waals surface area contributed by atoms with E-state index in [-0.39, 0.29) is 10.9 Å². The van der Waals surface area contributed by atoms with E-state index in [1.54, 1.807) is 36.4 Å². The maximum Gasteiger partial charge on any atom is 0.216 e. The Balaban J connectivity index is 0.000000204. The van der Waals surface area contributed by atoms with Crippen LogP contribution in [0.25, 0.3) is 0 Å². The summed E-state index contributed by atoms with van der Waals surface area (Å²) < 4.78 is 4.83. The summed E-state index contributed by atoms with van der Waals surface area (Å²) in [5.41, 5.74) is 1.45. The highest BCUT2D eigenvalue weighted by atomic mass is 32.1. The molecular weight excluding hydrogens is 292 g/mol. The summed E-state index contributed by atoms with van der Waals surface area (Å²) in [6.07, 6.45) is 0. The van der Waals surface area contributed by atoms with Crippen molar-refractivity contribution >= 4 is 35.0 Å². The van der Waals surface area contributed by atoms with Crippen LogP contribution in [-0.4, -0.2) is 22.4 Å². The molecule has 0 fully saturated rings. The molecule has 0 heterocycles. The van der Waals surface area contributed by atoms with Gasteiger partial charge in [0.1, 0.15) is 5.75 Å². The number of aromatic hydroxyl groups is 1. The summed E-state index contributed by atoms with van der Waals surface area (Å²) in [5.74, 6) is 0.229. The standard InChI is InChI=1S/C8H8O2S.C7H6OS/c1-10-8(11)6-2-4-7(9)5-3-6;8-7(9)6-4-2-1-3-5-6/h2-5,9H,1H3;1-5H,(H,8,9). The Kier molecular flexibility index (Phi) is 6.76. The van der Waals surface area contributed by atoms with Crippen molar-refractivity contribution in [1.82, 2.24) is 0 Å². The van der Waals surface area contributed by atoms with Gasteiger partial charge in [0.15, 0.2) is 5.05 Å². The van der Waals surface area contributed by atoms with Crippen LogP contribution in [-0.2, 0) is 4.74 Å². The molecule has 0 atom stereocenters. The highest BCUT2D eigenvalue weighted by molar-refractivity contribution is 7.97. The number of phenolic OH excluding ortho intramolecular Hbond substituents is 1. The number of thiocarbonyl (C=S) groups is 1. The molecule has 5 heteroatoms. The van der Waals surface area contributed by atoms with Crippen LogP contribution in [0.2, 0.25) is 0 Å². The summed E-state index contributed by atoms with van der Waals surface area (Å²) in [6, 6.07) is 15.5. The zero-order chi connectivity index (χ0) is 15.0. The Morgan fingerprint density at radius 3 is 2.00 bits per heavy atom. The van der Waals surface area contributed by atoms with E-state index in [2.05, 4.69) is 12.6 Å². The second-order valence-electron chi connectivity index (χ2n) is 3.71. The number of rotatable bonds is 2. The molecule has 0 radical (unpaired) electrons. The number of hydrogen-bond acceptors (Lipinski definition) is 4. The van der Waals surface area contributed by atoms with E-state index in [0.717, 1.165) is 5.56 Å². The molecule has 2 aromatic rings. The van der Waals surface area contributed by atoms with Gasteiger partial charge in [-0.1, -0.05) is 30.3 Å². The number of thiol groups is 1. The number of methoxy groups -OCH3 is 1. The maximum atomic E-state index is 10.5. The topological polar surface area (TPSA) is 46.5 Å². The van der Waals surface area contributed by atoms with Crippen molar-refractivity contribution in [3.63, 3.8) is 0 Å². The molecule has 0 aliphatic carbocycles. The van der Waals surface area contributed by atoms with Gasteiger partial charge in [0.25, 0.3) is 0 Å². The van der Waals surface area contributed by atoms with Crippen LogP contribution in [0.1, 0.15) is 15.9 Å². The lowest BCUT2D eigenvalue weighted by atomic mass is 10.2. The van der Waals surface area contributed by atoms with Gasteiger partial charge in [-0.25, -0.2) is 0 Å². The second-order valence-corrected chi connectivity index (χ2v) is 4.49. The van der Waals surface area contributed by atoms with E-state index in [9.17, 15) is 4.79 Å². The Bertz CT molecular complexity index is 565. The van der Waals surface area contributed by atoms with Gasteiger partial charge in [-0.05, 0) is 36.5 Å². The van der Waals surface area contributed by atoms with E-state index in [1.165, 1.54) is 7.11 Å². The smallest absolute Gasteiger partial charge is 0.216 e. The first kappa shape index (κ1) is 16.2. The normalized spacial score (nSPS) is 9.10. The fraction of sp³-hybridized carbons (Fsp3) is 0.0667. The van der Waals surface area contributed by atoms with Gasteiger partial charge in [-0.3, -0.25) is 4.79 Å². The van der Waals surface area contributed by atoms with Crippen LogP contribution >= 0.6 is 24.8 Å². The molecule has 0 saturated heterocycles. The van der Waals surface area contributed by atoms with Crippen molar-refractivity contribution in [2.24, 2.45) is 0 Å². The summed E-state index contributed by atoms with van der Waals surface area (Å²) >= 11 is 8.51. The minimum Gasteiger partial charge on any atom is -0.508 e. The van der Waals surface area contributed by atoms with Crippen LogP contribution in [0, 0.1) is 0 Å². The third kappa shape index (κ3) is 5.42. The molecule has 2 aromatic carbocycles. The van der Waals surface area contributed by atoms with Crippen LogP contribution in [0.4, 0.5) is 0 Å². The highest BCUT2D eigenvalue weighted by Gasteiger charge is 1.98. The molecule has 0 unspecified atom stereocenters. The summed E-state index contributed by atoms with van der Waals surface area (Å²) in [7, 11) is 1.52. The molecule has 104 valence electrons. The van der Waals surface area contributed by atoms with Crippen molar-refractivity contribution in [1.29, 1.82) is 0 Å². The lowest BCUT2D eigenvalue weighted by molar-refractivity contribution is 0.109. The molecule has 2 rings (SSSR count). The van der Waals surface area contributed by atoms with Crippen LogP contribution in [0.15, 0.2) is 54.6 Å². The first-order valence-electron chi connectivity index (χ1n) is 5.70. The fourth-order valence-corrected chi connectivity index (χ4v) is 1.58. The largest absolute Gasteiger partial charge is 0.508 e. The molecule has 20 heavy (non-hydrogen) atoms. The van der Waals surface area contributed by atoms with Crippen molar-refractivity contribution in [2.45, 2.75) is 0 Å². The number of hydrogen-bond donors (Lipinski definition) is 2. The average Bonchev–Trinajstić information content (AvgIpc) is 2.49. The number of benzene rings is 2. The molecule has 0 aliphatic heterocycles. The molecule has 0 aliphatic rings. The van der Waals surface area contributed by atoms with Crippen molar-refractivity contribution < 1.29 is 14.6 Å². The zero-order valence-electron chi connectivity index (χ0n) is 10.8. The predicted molar refractivity (Wildman–Crippen MR) is 86.6 cm³/mol. The van der Waals surface area contributed by atoms with Crippen LogP contribution in [0.5, 0.6) is 5.75 Å². The van der Waals surface area contributed by atoms with Crippen LogP contribution in [0.3, 0.4) is 0 Å². The van der Waals surface area contributed by atoms with Gasteiger partial charge in [-0.15, -0.1) is 12.6 Å². The Labute approximate surface area is 128 Å². The third-order valence-electron chi connectivity index (χ3n) is 2.31. The fourth-order valence-electron chi connectivity index (χ4n) is 1.30. The van der Waals surface area contributed by atoms with Crippen molar-refractivity contribution in [3.8, 4) is 5.75 Å². The molecule has 0 bridgehead atoms. The SMILES string of the molecule is COC(=S)c1ccc(O)cc1.O=C(S)c1ccccc1. The minimum absolute atomic E-state index is 0.185. The molecule has 0 aromatic heterocycles. The second kappa shape index (κ2) is 8.35. The summed E-state index contributed by atoms with van der Waals surface area (Å²) in [4.78, 5) is 10.5. The predicted octanol–water partition coefficient (Wildman–Crippen LogP) is 3.47. The summed E-state index contributed by atoms with van der Waals surface area (Å²) in [6.45, 7) is 0. The number of carbonyl (C=O) groups is 1. The average molecular weight is 306 g/mol. The van der Waals surface area contributed by atoms with E-state index in [1.807, 2.05) is 18.2 Å². The molecule has 0 amide bonds. The van der Waals surface area contributed by atoms with Crippen LogP contribution < -0.4 is 0 Å². The monoisotopic (exact) mass is 306 g/mol. The van der Waals surface area contributed by atoms with Crippen molar-refractivity contribution in [2.75, 3.05) is 7.11 Å². The minimum atomic E-state index is -0.185. The third-order valence-corrected chi connectivity index (χ3v) is 2.97. The van der Waals surface area contributed by atoms with Gasteiger partial charge in [0, 0.05) is 11.1 Å². The van der Waals surface area contributed by atoms with Gasteiger partial charge in [-0.2, -0.15) is 0 Å². The van der Waals surface area contributed by atoms with Gasteiger partial charge in [0.2, 0.25) is 5.12 Å². The number of phenols is 1. The number of ether oxygens (including phenoxy) is 1. The van der Waals surface area contributed by atoms with E-state index in [4.69, 9.17) is 22.1 Å². The molecular formula is C15H14O3S2. The first-order chi connectivity index (χ1) is 9.54. The maximum absolute atomic E-state index is 10.5. The lowest BCUT2D eigenvalue weighted by Crippen LogP contribution is -1.97. The number of carbonyl (C=O) groups excluding carboxylic acids is 1. The Morgan fingerprint density at radius 1 is 1.05 bits per heavy atom. The quantitative estimate of drug-likeness (QED) is 0.659. The lowest BCUT2D eigenvalue weighted by Gasteiger charge is -2.00. The Morgan fingerprint density at radius 2 is 1.60 bits per heavy atom. The van der Waals surface area contributed by atoms with Gasteiger partial charge < -0.3 is 9.84 Å².